The Morgan fingerprint density at radius 3 is 2.78 bits per heavy atom. The highest BCUT2D eigenvalue weighted by Crippen LogP contribution is 2.14. The predicted octanol–water partition coefficient (Wildman–Crippen LogP) is -0.287. The normalized spacial score (nSPS) is 18.1. The number of fused-ring (bicyclic) bond motifs is 1. The number of nitrogens with one attached hydrogen (secondary N) is 2. The number of carbonyl (C=O) groups excluding carboxylic acids is 1. The zero-order valence-corrected chi connectivity index (χ0v) is 13.1. The molecular formula is C15H19N5O3. The standard InChI is InChI=1S/C15H19N5O3/c1-19-12-10(14(22)20(2)15(19)23)7-9(8-17-12)18-13(21)11-5-3-4-6-16-11/h7-8,11,16H,3-6H2,1-2H3,(H,18,21). The fourth-order valence-corrected chi connectivity index (χ4v) is 2.84. The average Bonchev–Trinajstić information content (AvgIpc) is 2.58. The molecule has 0 aliphatic carbocycles. The molecule has 23 heavy (non-hydrogen) atoms. The van der Waals surface area contributed by atoms with Gasteiger partial charge < -0.3 is 10.6 Å². The third kappa shape index (κ3) is 2.77. The van der Waals surface area contributed by atoms with Gasteiger partial charge >= 0.3 is 5.69 Å². The monoisotopic (exact) mass is 317 g/mol. The smallest absolute Gasteiger partial charge is 0.323 e. The lowest BCUT2D eigenvalue weighted by atomic mass is 10.0. The summed E-state index contributed by atoms with van der Waals surface area (Å²) in [6.07, 6.45) is 4.35. The number of aryl methyl sites for hydroxylation is 1. The van der Waals surface area contributed by atoms with E-state index < -0.39 is 11.2 Å². The highest BCUT2D eigenvalue weighted by Gasteiger charge is 2.21. The van der Waals surface area contributed by atoms with Crippen molar-refractivity contribution in [3.05, 3.63) is 33.1 Å². The third-order valence-corrected chi connectivity index (χ3v) is 4.19. The maximum absolute atomic E-state index is 12.2. The van der Waals surface area contributed by atoms with Crippen molar-refractivity contribution < 1.29 is 4.79 Å². The number of nitrogens with zero attached hydrogens (tertiary/aromatic N) is 3. The van der Waals surface area contributed by atoms with Crippen molar-refractivity contribution in [2.75, 3.05) is 11.9 Å². The molecule has 1 amide bonds. The van der Waals surface area contributed by atoms with Crippen molar-refractivity contribution in [1.29, 1.82) is 0 Å². The Morgan fingerprint density at radius 2 is 2.09 bits per heavy atom. The van der Waals surface area contributed by atoms with E-state index in [-0.39, 0.29) is 11.9 Å². The molecule has 122 valence electrons. The molecule has 1 fully saturated rings. The summed E-state index contributed by atoms with van der Waals surface area (Å²) in [5, 5.41) is 6.25. The summed E-state index contributed by atoms with van der Waals surface area (Å²) < 4.78 is 2.34. The van der Waals surface area contributed by atoms with E-state index in [1.165, 1.54) is 17.8 Å². The summed E-state index contributed by atoms with van der Waals surface area (Å²) in [4.78, 5) is 40.5. The molecule has 2 N–H and O–H groups in total. The first-order valence-electron chi connectivity index (χ1n) is 7.59. The lowest BCUT2D eigenvalue weighted by molar-refractivity contribution is -0.118. The number of hydrogen-bond acceptors (Lipinski definition) is 5. The van der Waals surface area contributed by atoms with E-state index in [2.05, 4.69) is 15.6 Å². The second-order valence-electron chi connectivity index (χ2n) is 5.79. The van der Waals surface area contributed by atoms with Gasteiger partial charge in [-0.3, -0.25) is 18.7 Å². The van der Waals surface area contributed by atoms with E-state index in [9.17, 15) is 14.4 Å². The summed E-state index contributed by atoms with van der Waals surface area (Å²) in [7, 11) is 2.97. The molecule has 1 unspecified atom stereocenters. The van der Waals surface area contributed by atoms with E-state index in [4.69, 9.17) is 0 Å². The molecule has 0 bridgehead atoms. The van der Waals surface area contributed by atoms with Crippen LogP contribution in [0.4, 0.5) is 5.69 Å². The average molecular weight is 317 g/mol. The first kappa shape index (κ1) is 15.4. The molecule has 2 aromatic rings. The van der Waals surface area contributed by atoms with Gasteiger partial charge in [0.2, 0.25) is 5.91 Å². The minimum Gasteiger partial charge on any atom is -0.323 e. The molecule has 0 radical (unpaired) electrons. The predicted molar refractivity (Wildman–Crippen MR) is 86.5 cm³/mol. The molecule has 2 aromatic heterocycles. The topological polar surface area (TPSA) is 98.0 Å². The van der Waals surface area contributed by atoms with Crippen molar-refractivity contribution in [1.82, 2.24) is 19.4 Å². The number of pyridine rings is 1. The maximum atomic E-state index is 12.2. The second kappa shape index (κ2) is 5.96. The van der Waals surface area contributed by atoms with Gasteiger partial charge in [0.05, 0.1) is 23.3 Å². The maximum Gasteiger partial charge on any atom is 0.332 e. The van der Waals surface area contributed by atoms with Crippen LogP contribution in [0, 0.1) is 0 Å². The van der Waals surface area contributed by atoms with Crippen LogP contribution in [0.5, 0.6) is 0 Å². The number of hydrogen-bond donors (Lipinski definition) is 2. The molecule has 8 heteroatoms. The van der Waals surface area contributed by atoms with Crippen molar-refractivity contribution >= 4 is 22.6 Å². The van der Waals surface area contributed by atoms with Gasteiger partial charge in [-0.05, 0) is 25.5 Å². The van der Waals surface area contributed by atoms with E-state index in [0.29, 0.717) is 16.7 Å². The Hall–Kier alpha value is -2.48. The lowest BCUT2D eigenvalue weighted by Crippen LogP contribution is -2.43. The zero-order chi connectivity index (χ0) is 16.6. The molecule has 1 atom stereocenters. The number of anilines is 1. The first-order chi connectivity index (χ1) is 11.0. The van der Waals surface area contributed by atoms with Gasteiger partial charge in [-0.25, -0.2) is 9.78 Å². The third-order valence-electron chi connectivity index (χ3n) is 4.19. The van der Waals surface area contributed by atoms with E-state index in [0.717, 1.165) is 30.4 Å². The number of carbonyl (C=O) groups is 1. The summed E-state index contributed by atoms with van der Waals surface area (Å²) in [5.74, 6) is -0.132. The van der Waals surface area contributed by atoms with Crippen LogP contribution in [0.25, 0.3) is 11.0 Å². The van der Waals surface area contributed by atoms with Crippen LogP contribution < -0.4 is 21.9 Å². The SMILES string of the molecule is Cn1c(=O)c2cc(NC(=O)C3CCCCN3)cnc2n(C)c1=O. The van der Waals surface area contributed by atoms with Gasteiger partial charge in [-0.1, -0.05) is 6.42 Å². The quantitative estimate of drug-likeness (QED) is 0.793. The fraction of sp³-hybridized carbons (Fsp3) is 0.467. The summed E-state index contributed by atoms with van der Waals surface area (Å²) in [6, 6.07) is 1.34. The second-order valence-corrected chi connectivity index (χ2v) is 5.79. The lowest BCUT2D eigenvalue weighted by Gasteiger charge is -2.22. The van der Waals surface area contributed by atoms with Crippen LogP contribution in [0.2, 0.25) is 0 Å². The number of amides is 1. The van der Waals surface area contributed by atoms with Gasteiger partial charge in [0.25, 0.3) is 5.56 Å². The van der Waals surface area contributed by atoms with Crippen LogP contribution >= 0.6 is 0 Å². The van der Waals surface area contributed by atoms with Crippen molar-refractivity contribution in [2.24, 2.45) is 14.1 Å². The molecule has 3 heterocycles. The number of piperidine rings is 1. The van der Waals surface area contributed by atoms with Gasteiger partial charge in [0.1, 0.15) is 5.65 Å². The number of rotatable bonds is 2. The highest BCUT2D eigenvalue weighted by molar-refractivity contribution is 5.96. The fourth-order valence-electron chi connectivity index (χ4n) is 2.84. The first-order valence-corrected chi connectivity index (χ1v) is 7.59. The molecule has 0 spiro atoms. The molecule has 0 saturated carbocycles. The van der Waals surface area contributed by atoms with E-state index in [1.54, 1.807) is 13.1 Å². The minimum absolute atomic E-state index is 0.132. The van der Waals surface area contributed by atoms with Crippen molar-refractivity contribution in [2.45, 2.75) is 25.3 Å². The Kier molecular flexibility index (Phi) is 3.99. The van der Waals surface area contributed by atoms with Crippen molar-refractivity contribution in [3.8, 4) is 0 Å². The van der Waals surface area contributed by atoms with Crippen LogP contribution in [0.15, 0.2) is 21.9 Å². The Labute approximate surface area is 132 Å². The molecule has 1 aliphatic rings. The molecule has 0 aromatic carbocycles. The number of aromatic nitrogens is 3. The Balaban J connectivity index is 1.95. The highest BCUT2D eigenvalue weighted by atomic mass is 16.2. The molecule has 3 rings (SSSR count). The zero-order valence-electron chi connectivity index (χ0n) is 13.1. The molecular weight excluding hydrogens is 298 g/mol. The van der Waals surface area contributed by atoms with Gasteiger partial charge in [-0.15, -0.1) is 0 Å². The molecule has 1 saturated heterocycles. The molecule has 1 aliphatic heterocycles. The minimum atomic E-state index is -0.432. The molecule has 8 nitrogen and oxygen atoms in total. The van der Waals surface area contributed by atoms with Crippen LogP contribution in [-0.2, 0) is 18.9 Å². The summed E-state index contributed by atoms with van der Waals surface area (Å²) in [6.45, 7) is 0.830. The van der Waals surface area contributed by atoms with E-state index >= 15 is 0 Å². The van der Waals surface area contributed by atoms with Crippen LogP contribution in [0.1, 0.15) is 19.3 Å². The summed E-state index contributed by atoms with van der Waals surface area (Å²) >= 11 is 0. The van der Waals surface area contributed by atoms with Gasteiger partial charge in [-0.2, -0.15) is 0 Å². The van der Waals surface area contributed by atoms with Gasteiger partial charge in [0, 0.05) is 14.1 Å². The largest absolute Gasteiger partial charge is 0.332 e. The van der Waals surface area contributed by atoms with Gasteiger partial charge in [0.15, 0.2) is 0 Å². The van der Waals surface area contributed by atoms with Crippen LogP contribution in [-0.4, -0.2) is 32.6 Å². The van der Waals surface area contributed by atoms with Crippen LogP contribution in [0.3, 0.4) is 0 Å². The Bertz CT molecular complexity index is 877. The van der Waals surface area contributed by atoms with E-state index in [1.807, 2.05) is 0 Å². The van der Waals surface area contributed by atoms with Crippen molar-refractivity contribution in [3.63, 3.8) is 0 Å². The summed E-state index contributed by atoms with van der Waals surface area (Å²) in [5.41, 5.74) is -0.113. The Morgan fingerprint density at radius 1 is 1.30 bits per heavy atom.